The molecule has 0 saturated heterocycles. The van der Waals surface area contributed by atoms with E-state index in [4.69, 9.17) is 19.4 Å². The molecule has 0 saturated carbocycles. The smallest absolute Gasteiger partial charge is 0.164 e. The van der Waals surface area contributed by atoms with Gasteiger partial charge in [-0.2, -0.15) is 0 Å². The molecule has 0 N–H and O–H groups in total. The molecule has 0 atom stereocenters. The summed E-state index contributed by atoms with van der Waals surface area (Å²) in [5.74, 6) is 1.83. The van der Waals surface area contributed by atoms with Gasteiger partial charge in [0, 0.05) is 50.0 Å². The van der Waals surface area contributed by atoms with Gasteiger partial charge in [-0.3, -0.25) is 0 Å². The van der Waals surface area contributed by atoms with Crippen molar-refractivity contribution in [3.63, 3.8) is 0 Å². The SMILES string of the molecule is c1ccc(-c2ccc3c4ccccc4n(-c4ccc5c(c4)oc4cccc(-c6nc(-c7ccc8ccccc8c7)nc(-c7ccc8ccccc8c7)n6)c45)c3c2)cc1. The first-order valence-electron chi connectivity index (χ1n) is 19.5. The van der Waals surface area contributed by atoms with Crippen LogP contribution in [0.25, 0.3) is 116 Å². The number of hydrogen-bond acceptors (Lipinski definition) is 4. The van der Waals surface area contributed by atoms with Crippen molar-refractivity contribution >= 4 is 65.3 Å². The van der Waals surface area contributed by atoms with E-state index in [1.54, 1.807) is 0 Å². The van der Waals surface area contributed by atoms with Crippen LogP contribution in [0.15, 0.2) is 199 Å². The Morgan fingerprint density at radius 1 is 0.345 bits per heavy atom. The Labute approximate surface area is 333 Å². The second-order valence-corrected chi connectivity index (χ2v) is 14.8. The summed E-state index contributed by atoms with van der Waals surface area (Å²) < 4.78 is 9.06. The standard InChI is InChI=1S/C53H32N4O/c1-2-11-33(12-3-1)38-25-27-43-42-17-8-9-19-46(42)57(47(43)31-38)41-26-28-44-49(32-41)58-48-20-10-18-45(50(44)48)53-55-51(39-23-21-34-13-4-6-15-36(34)29-39)54-52(56-53)40-24-22-35-14-5-7-16-37(35)30-40/h1-32H. The van der Waals surface area contributed by atoms with E-state index in [0.29, 0.717) is 17.5 Å². The second-order valence-electron chi connectivity index (χ2n) is 14.8. The summed E-state index contributed by atoms with van der Waals surface area (Å²) in [5, 5.41) is 8.99. The fourth-order valence-electron chi connectivity index (χ4n) is 8.61. The molecule has 0 bridgehead atoms. The molecule has 0 amide bonds. The number of para-hydroxylation sites is 1. The topological polar surface area (TPSA) is 56.7 Å². The molecule has 0 fully saturated rings. The van der Waals surface area contributed by atoms with Crippen LogP contribution >= 0.6 is 0 Å². The Hall–Kier alpha value is -7.89. The number of rotatable bonds is 5. The molecule has 12 rings (SSSR count). The maximum Gasteiger partial charge on any atom is 0.164 e. The van der Waals surface area contributed by atoms with E-state index in [-0.39, 0.29) is 0 Å². The van der Waals surface area contributed by atoms with E-state index in [0.717, 1.165) is 66.1 Å². The third-order valence-corrected chi connectivity index (χ3v) is 11.4. The van der Waals surface area contributed by atoms with Crippen LogP contribution in [0, 0.1) is 0 Å². The lowest BCUT2D eigenvalue weighted by Gasteiger charge is -2.11. The number of benzene rings is 9. The van der Waals surface area contributed by atoms with Crippen LogP contribution in [0.2, 0.25) is 0 Å². The lowest BCUT2D eigenvalue weighted by Crippen LogP contribution is -2.00. The first-order chi connectivity index (χ1) is 28.7. The summed E-state index contributed by atoms with van der Waals surface area (Å²) in [4.78, 5) is 15.5. The highest BCUT2D eigenvalue weighted by Gasteiger charge is 2.20. The predicted octanol–water partition coefficient (Wildman–Crippen LogP) is 13.8. The molecular formula is C53H32N4O. The van der Waals surface area contributed by atoms with Crippen LogP contribution < -0.4 is 0 Å². The van der Waals surface area contributed by atoms with E-state index in [9.17, 15) is 0 Å². The molecule has 0 aliphatic carbocycles. The molecular weight excluding hydrogens is 709 g/mol. The van der Waals surface area contributed by atoms with E-state index < -0.39 is 0 Å². The van der Waals surface area contributed by atoms with Crippen LogP contribution in [0.4, 0.5) is 0 Å². The van der Waals surface area contributed by atoms with Crippen molar-refractivity contribution < 1.29 is 4.42 Å². The third-order valence-electron chi connectivity index (χ3n) is 11.4. The zero-order valence-electron chi connectivity index (χ0n) is 31.2. The molecule has 0 aliphatic heterocycles. The Morgan fingerprint density at radius 3 is 1.69 bits per heavy atom. The number of fused-ring (bicyclic) bond motifs is 8. The highest BCUT2D eigenvalue weighted by atomic mass is 16.3. The maximum atomic E-state index is 6.71. The Morgan fingerprint density at radius 2 is 0.948 bits per heavy atom. The molecule has 9 aromatic carbocycles. The fourth-order valence-corrected chi connectivity index (χ4v) is 8.61. The molecule has 270 valence electrons. The maximum absolute atomic E-state index is 6.71. The van der Waals surface area contributed by atoms with E-state index in [1.165, 1.54) is 32.7 Å². The second kappa shape index (κ2) is 12.8. The van der Waals surface area contributed by atoms with Gasteiger partial charge in [0.25, 0.3) is 0 Å². The van der Waals surface area contributed by atoms with Gasteiger partial charge in [0.15, 0.2) is 17.5 Å². The van der Waals surface area contributed by atoms with Crippen LogP contribution in [-0.2, 0) is 0 Å². The van der Waals surface area contributed by atoms with Crippen LogP contribution in [0.5, 0.6) is 0 Å². The van der Waals surface area contributed by atoms with Crippen molar-refractivity contribution in [2.24, 2.45) is 0 Å². The normalized spacial score (nSPS) is 11.8. The average Bonchev–Trinajstić information content (AvgIpc) is 3.84. The van der Waals surface area contributed by atoms with Crippen LogP contribution in [0.1, 0.15) is 0 Å². The summed E-state index contributed by atoms with van der Waals surface area (Å²) in [7, 11) is 0. The van der Waals surface area contributed by atoms with Gasteiger partial charge in [-0.1, -0.05) is 146 Å². The van der Waals surface area contributed by atoms with E-state index >= 15 is 0 Å². The largest absolute Gasteiger partial charge is 0.456 e. The third kappa shape index (κ3) is 5.21. The van der Waals surface area contributed by atoms with Gasteiger partial charge >= 0.3 is 0 Å². The lowest BCUT2D eigenvalue weighted by atomic mass is 10.0. The Balaban J connectivity index is 1.05. The number of furan rings is 1. The fraction of sp³-hybridized carbons (Fsp3) is 0. The summed E-state index contributed by atoms with van der Waals surface area (Å²) in [6.07, 6.45) is 0. The molecule has 5 nitrogen and oxygen atoms in total. The summed E-state index contributed by atoms with van der Waals surface area (Å²) in [6, 6.07) is 68.1. The molecule has 0 aliphatic rings. The number of nitrogens with zero attached hydrogens (tertiary/aromatic N) is 4. The van der Waals surface area contributed by atoms with Gasteiger partial charge in [0.1, 0.15) is 11.2 Å². The highest BCUT2D eigenvalue weighted by Crippen LogP contribution is 2.40. The van der Waals surface area contributed by atoms with Gasteiger partial charge in [0.05, 0.1) is 11.0 Å². The minimum Gasteiger partial charge on any atom is -0.456 e. The molecule has 58 heavy (non-hydrogen) atoms. The van der Waals surface area contributed by atoms with Gasteiger partial charge in [0.2, 0.25) is 0 Å². The van der Waals surface area contributed by atoms with Crippen molar-refractivity contribution in [2.45, 2.75) is 0 Å². The van der Waals surface area contributed by atoms with Gasteiger partial charge < -0.3 is 8.98 Å². The summed E-state index contributed by atoms with van der Waals surface area (Å²) in [5.41, 5.74) is 10.0. The number of aromatic nitrogens is 4. The van der Waals surface area contributed by atoms with Gasteiger partial charge in [-0.15, -0.1) is 0 Å². The van der Waals surface area contributed by atoms with Crippen molar-refractivity contribution in [2.75, 3.05) is 0 Å². The van der Waals surface area contributed by atoms with Crippen LogP contribution in [-0.4, -0.2) is 19.5 Å². The quantitative estimate of drug-likeness (QED) is 0.176. The predicted molar refractivity (Wildman–Crippen MR) is 238 cm³/mol. The van der Waals surface area contributed by atoms with Gasteiger partial charge in [-0.05, 0) is 75.1 Å². The highest BCUT2D eigenvalue weighted by molar-refractivity contribution is 6.13. The zero-order valence-corrected chi connectivity index (χ0v) is 31.2. The van der Waals surface area contributed by atoms with E-state index in [1.807, 2.05) is 12.1 Å². The molecule has 5 heteroatoms. The van der Waals surface area contributed by atoms with Crippen molar-refractivity contribution in [1.29, 1.82) is 0 Å². The van der Waals surface area contributed by atoms with Crippen molar-refractivity contribution in [3.05, 3.63) is 194 Å². The van der Waals surface area contributed by atoms with Gasteiger partial charge in [-0.25, -0.2) is 15.0 Å². The Kier molecular flexibility index (Phi) is 7.16. The van der Waals surface area contributed by atoms with E-state index in [2.05, 4.69) is 187 Å². The van der Waals surface area contributed by atoms with Crippen LogP contribution in [0.3, 0.4) is 0 Å². The first kappa shape index (κ1) is 32.4. The average molecular weight is 741 g/mol. The molecule has 0 spiro atoms. The minimum atomic E-state index is 0.592. The molecule has 3 heterocycles. The molecule has 3 aromatic heterocycles. The minimum absolute atomic E-state index is 0.592. The molecule has 0 radical (unpaired) electrons. The lowest BCUT2D eigenvalue weighted by molar-refractivity contribution is 0.668. The monoisotopic (exact) mass is 740 g/mol. The molecule has 12 aromatic rings. The zero-order chi connectivity index (χ0) is 38.2. The Bertz CT molecular complexity index is 3480. The number of hydrogen-bond donors (Lipinski definition) is 0. The van der Waals surface area contributed by atoms with Crippen molar-refractivity contribution in [1.82, 2.24) is 19.5 Å². The van der Waals surface area contributed by atoms with Crippen molar-refractivity contribution in [3.8, 4) is 51.0 Å². The summed E-state index contributed by atoms with van der Waals surface area (Å²) >= 11 is 0. The summed E-state index contributed by atoms with van der Waals surface area (Å²) in [6.45, 7) is 0. The first-order valence-corrected chi connectivity index (χ1v) is 19.5. The molecule has 0 unspecified atom stereocenters.